The summed E-state index contributed by atoms with van der Waals surface area (Å²) in [6.45, 7) is 4.02. The van der Waals surface area contributed by atoms with E-state index in [1.807, 2.05) is 6.07 Å². The molecule has 7 heteroatoms. The fourth-order valence-corrected chi connectivity index (χ4v) is 3.50. The SMILES string of the molecule is C=C(c1cnc(-c2ccc(-n3ccnc3)cc2O)nn1)[C@@H]1CCCC[C@H]1F. The lowest BCUT2D eigenvalue weighted by molar-refractivity contribution is 0.205. The Bertz CT molecular complexity index is 940. The summed E-state index contributed by atoms with van der Waals surface area (Å²) in [5.41, 5.74) is 2.40. The fourth-order valence-electron chi connectivity index (χ4n) is 3.50. The molecule has 6 nitrogen and oxygen atoms in total. The van der Waals surface area contributed by atoms with E-state index in [-0.39, 0.29) is 11.7 Å². The van der Waals surface area contributed by atoms with Gasteiger partial charge in [-0.05, 0) is 30.5 Å². The molecule has 0 amide bonds. The van der Waals surface area contributed by atoms with Gasteiger partial charge in [0, 0.05) is 24.4 Å². The van der Waals surface area contributed by atoms with E-state index in [0.29, 0.717) is 29.1 Å². The van der Waals surface area contributed by atoms with Gasteiger partial charge >= 0.3 is 0 Å². The Balaban J connectivity index is 1.56. The van der Waals surface area contributed by atoms with Crippen molar-refractivity contribution in [2.24, 2.45) is 5.92 Å². The number of imidazole rings is 1. The van der Waals surface area contributed by atoms with Crippen LogP contribution in [0.3, 0.4) is 0 Å². The number of hydrogen-bond donors (Lipinski definition) is 1. The van der Waals surface area contributed by atoms with Crippen molar-refractivity contribution < 1.29 is 9.50 Å². The Hall–Kier alpha value is -3.09. The molecule has 2 heterocycles. The smallest absolute Gasteiger partial charge is 0.185 e. The van der Waals surface area contributed by atoms with Crippen LogP contribution in [-0.2, 0) is 0 Å². The number of nitrogens with zero attached hydrogens (tertiary/aromatic N) is 5. The minimum atomic E-state index is -0.882. The third kappa shape index (κ3) is 3.45. The monoisotopic (exact) mass is 365 g/mol. The lowest BCUT2D eigenvalue weighted by Crippen LogP contribution is -2.22. The molecule has 1 N–H and O–H groups in total. The first kappa shape index (κ1) is 17.3. The van der Waals surface area contributed by atoms with Crippen LogP contribution >= 0.6 is 0 Å². The first-order valence-corrected chi connectivity index (χ1v) is 8.98. The van der Waals surface area contributed by atoms with Crippen molar-refractivity contribution in [3.05, 3.63) is 55.4 Å². The van der Waals surface area contributed by atoms with Gasteiger partial charge in [-0.25, -0.2) is 14.4 Å². The summed E-state index contributed by atoms with van der Waals surface area (Å²) in [5, 5.41) is 18.6. The number of hydrogen-bond acceptors (Lipinski definition) is 5. The highest BCUT2D eigenvalue weighted by Gasteiger charge is 2.28. The molecule has 0 spiro atoms. The second-order valence-corrected chi connectivity index (χ2v) is 6.77. The van der Waals surface area contributed by atoms with E-state index in [1.165, 1.54) is 0 Å². The van der Waals surface area contributed by atoms with Crippen molar-refractivity contribution in [1.29, 1.82) is 0 Å². The molecule has 0 saturated heterocycles. The van der Waals surface area contributed by atoms with Gasteiger partial charge in [0.1, 0.15) is 17.6 Å². The molecular weight excluding hydrogens is 345 g/mol. The van der Waals surface area contributed by atoms with Gasteiger partial charge in [-0.3, -0.25) is 0 Å². The summed E-state index contributed by atoms with van der Waals surface area (Å²) < 4.78 is 16.0. The number of aromatic hydroxyl groups is 1. The third-order valence-corrected chi connectivity index (χ3v) is 5.04. The number of alkyl halides is 1. The molecule has 1 aliphatic carbocycles. The standard InChI is InChI=1S/C20H20FN5O/c1-13(15-4-2-3-5-17(15)21)18-11-23-20(25-24-18)16-7-6-14(10-19(16)27)26-9-8-22-12-26/h6-12,15,17,27H,1-5H2/t15-,17+/m0/s1. The number of phenols is 1. The zero-order valence-corrected chi connectivity index (χ0v) is 14.8. The molecule has 2 atom stereocenters. The predicted molar refractivity (Wildman–Crippen MR) is 99.9 cm³/mol. The fraction of sp³-hybridized carbons (Fsp3) is 0.300. The second kappa shape index (κ2) is 7.26. The molecule has 4 rings (SSSR count). The van der Waals surface area contributed by atoms with Crippen molar-refractivity contribution in [3.8, 4) is 22.8 Å². The topological polar surface area (TPSA) is 76.7 Å². The summed E-state index contributed by atoms with van der Waals surface area (Å²) in [6.07, 6.45) is 9.04. The predicted octanol–water partition coefficient (Wildman–Crippen LogP) is 3.97. The van der Waals surface area contributed by atoms with Crippen LogP contribution < -0.4 is 0 Å². The Morgan fingerprint density at radius 3 is 2.74 bits per heavy atom. The van der Waals surface area contributed by atoms with Crippen LogP contribution in [0.15, 0.2) is 49.7 Å². The zero-order chi connectivity index (χ0) is 18.8. The minimum Gasteiger partial charge on any atom is -0.507 e. The Labute approximate surface area is 156 Å². The van der Waals surface area contributed by atoms with E-state index in [2.05, 4.69) is 26.7 Å². The van der Waals surface area contributed by atoms with Crippen molar-refractivity contribution >= 4 is 5.57 Å². The van der Waals surface area contributed by atoms with Crippen molar-refractivity contribution in [2.75, 3.05) is 0 Å². The van der Waals surface area contributed by atoms with Gasteiger partial charge in [-0.1, -0.05) is 19.4 Å². The number of aromatic nitrogens is 5. The summed E-state index contributed by atoms with van der Waals surface area (Å²) in [5.74, 6) is 0.135. The summed E-state index contributed by atoms with van der Waals surface area (Å²) >= 11 is 0. The van der Waals surface area contributed by atoms with Crippen LogP contribution in [0.4, 0.5) is 4.39 Å². The Morgan fingerprint density at radius 1 is 1.22 bits per heavy atom. The van der Waals surface area contributed by atoms with Crippen molar-refractivity contribution in [2.45, 2.75) is 31.9 Å². The quantitative estimate of drug-likeness (QED) is 0.757. The molecule has 1 aliphatic rings. The largest absolute Gasteiger partial charge is 0.507 e. The number of phenolic OH excluding ortho intramolecular Hbond substituents is 1. The van der Waals surface area contributed by atoms with Gasteiger partial charge in [-0.15, -0.1) is 10.2 Å². The summed E-state index contributed by atoms with van der Waals surface area (Å²) in [7, 11) is 0. The molecule has 3 aromatic rings. The summed E-state index contributed by atoms with van der Waals surface area (Å²) in [6, 6.07) is 5.18. The molecule has 1 saturated carbocycles. The average molecular weight is 365 g/mol. The van der Waals surface area contributed by atoms with E-state index in [4.69, 9.17) is 0 Å². The average Bonchev–Trinajstić information content (AvgIpc) is 3.23. The maximum Gasteiger partial charge on any atom is 0.185 e. The number of rotatable bonds is 4. The van der Waals surface area contributed by atoms with Crippen LogP contribution in [0.1, 0.15) is 31.4 Å². The normalized spacial score (nSPS) is 19.7. The minimum absolute atomic E-state index is 0.0469. The number of benzene rings is 1. The first-order chi connectivity index (χ1) is 13.1. The van der Waals surface area contributed by atoms with E-state index >= 15 is 0 Å². The highest BCUT2D eigenvalue weighted by molar-refractivity contribution is 5.67. The first-order valence-electron chi connectivity index (χ1n) is 8.98. The van der Waals surface area contributed by atoms with Gasteiger partial charge < -0.3 is 9.67 Å². The van der Waals surface area contributed by atoms with Crippen LogP contribution in [-0.4, -0.2) is 36.0 Å². The van der Waals surface area contributed by atoms with Gasteiger partial charge in [0.25, 0.3) is 0 Å². The third-order valence-electron chi connectivity index (χ3n) is 5.04. The highest BCUT2D eigenvalue weighted by atomic mass is 19.1. The van der Waals surface area contributed by atoms with Gasteiger partial charge in [0.05, 0.1) is 23.8 Å². The molecular formula is C20H20FN5O. The molecule has 0 aliphatic heterocycles. The van der Waals surface area contributed by atoms with Crippen LogP contribution in [0.2, 0.25) is 0 Å². The van der Waals surface area contributed by atoms with E-state index in [9.17, 15) is 9.50 Å². The maximum atomic E-state index is 14.2. The van der Waals surface area contributed by atoms with Gasteiger partial charge in [-0.2, -0.15) is 0 Å². The van der Waals surface area contributed by atoms with Crippen LogP contribution in [0, 0.1) is 5.92 Å². The number of halogens is 1. The van der Waals surface area contributed by atoms with Gasteiger partial charge in [0.2, 0.25) is 0 Å². The second-order valence-electron chi connectivity index (χ2n) is 6.77. The van der Waals surface area contributed by atoms with Crippen LogP contribution in [0.25, 0.3) is 22.6 Å². The summed E-state index contributed by atoms with van der Waals surface area (Å²) in [4.78, 5) is 8.30. The van der Waals surface area contributed by atoms with E-state index < -0.39 is 6.17 Å². The highest BCUT2D eigenvalue weighted by Crippen LogP contribution is 2.36. The number of allylic oxidation sites excluding steroid dienone is 1. The molecule has 138 valence electrons. The van der Waals surface area contributed by atoms with Crippen molar-refractivity contribution in [3.63, 3.8) is 0 Å². The molecule has 1 fully saturated rings. The Morgan fingerprint density at radius 2 is 2.07 bits per heavy atom. The van der Waals surface area contributed by atoms with E-state index in [1.54, 1.807) is 41.6 Å². The Kier molecular flexibility index (Phi) is 4.66. The molecule has 0 radical (unpaired) electrons. The molecule has 27 heavy (non-hydrogen) atoms. The van der Waals surface area contributed by atoms with E-state index in [0.717, 1.165) is 24.9 Å². The lowest BCUT2D eigenvalue weighted by atomic mass is 9.82. The van der Waals surface area contributed by atoms with Crippen LogP contribution in [0.5, 0.6) is 5.75 Å². The molecule has 2 aromatic heterocycles. The lowest BCUT2D eigenvalue weighted by Gasteiger charge is -2.26. The molecule has 1 aromatic carbocycles. The molecule has 0 unspecified atom stereocenters. The van der Waals surface area contributed by atoms with Crippen molar-refractivity contribution in [1.82, 2.24) is 24.7 Å². The zero-order valence-electron chi connectivity index (χ0n) is 14.8. The maximum absolute atomic E-state index is 14.2. The molecule has 0 bridgehead atoms. The van der Waals surface area contributed by atoms with Gasteiger partial charge in [0.15, 0.2) is 5.82 Å².